The zero-order valence-electron chi connectivity index (χ0n) is 9.31. The van der Waals surface area contributed by atoms with Gasteiger partial charge in [-0.2, -0.15) is 4.98 Å². The Hall–Kier alpha value is -1.69. The quantitative estimate of drug-likeness (QED) is 0.848. The minimum Gasteiger partial charge on any atom is -0.383 e. The van der Waals surface area contributed by atoms with Crippen LogP contribution in [0.15, 0.2) is 28.9 Å². The summed E-state index contributed by atoms with van der Waals surface area (Å²) in [6.07, 6.45) is 0. The Labute approximate surface area is 108 Å². The number of nitrogens with zero attached hydrogens (tertiary/aromatic N) is 3. The third kappa shape index (κ3) is 3.39. The molecular weight excluding hydrogens is 282 g/mol. The summed E-state index contributed by atoms with van der Waals surface area (Å²) >= 11 is 3.26. The standard InChI is InChI=1S/C11H12BrN5/c1-7-3-2-4-8(15-7)6-14-11-16-9(12)5-10(13)17-11/h2-5H,6H2,1H3,(H3,13,14,16,17). The van der Waals surface area contributed by atoms with Gasteiger partial charge in [0, 0.05) is 11.8 Å². The monoisotopic (exact) mass is 293 g/mol. The Morgan fingerprint density at radius 3 is 2.82 bits per heavy atom. The summed E-state index contributed by atoms with van der Waals surface area (Å²) in [5.74, 6) is 0.909. The van der Waals surface area contributed by atoms with E-state index < -0.39 is 0 Å². The van der Waals surface area contributed by atoms with E-state index in [1.807, 2.05) is 25.1 Å². The minimum atomic E-state index is 0.423. The lowest BCUT2D eigenvalue weighted by atomic mass is 10.3. The van der Waals surface area contributed by atoms with Crippen molar-refractivity contribution >= 4 is 27.7 Å². The molecule has 3 N–H and O–H groups in total. The highest BCUT2D eigenvalue weighted by Gasteiger charge is 2.01. The van der Waals surface area contributed by atoms with Crippen molar-refractivity contribution in [3.63, 3.8) is 0 Å². The molecule has 0 spiro atoms. The third-order valence-corrected chi connectivity index (χ3v) is 2.49. The first-order valence-electron chi connectivity index (χ1n) is 5.10. The van der Waals surface area contributed by atoms with Gasteiger partial charge in [-0.25, -0.2) is 4.98 Å². The van der Waals surface area contributed by atoms with Crippen LogP contribution in [-0.2, 0) is 6.54 Å². The zero-order valence-corrected chi connectivity index (χ0v) is 10.9. The van der Waals surface area contributed by atoms with E-state index in [9.17, 15) is 0 Å². The summed E-state index contributed by atoms with van der Waals surface area (Å²) in [7, 11) is 0. The van der Waals surface area contributed by atoms with E-state index in [-0.39, 0.29) is 0 Å². The van der Waals surface area contributed by atoms with Gasteiger partial charge in [-0.3, -0.25) is 4.98 Å². The first kappa shape index (κ1) is 11.8. The second-order valence-electron chi connectivity index (χ2n) is 3.56. The van der Waals surface area contributed by atoms with Gasteiger partial charge in [-0.05, 0) is 35.0 Å². The van der Waals surface area contributed by atoms with Gasteiger partial charge in [-0.15, -0.1) is 0 Å². The van der Waals surface area contributed by atoms with Crippen LogP contribution in [0.4, 0.5) is 11.8 Å². The predicted molar refractivity (Wildman–Crippen MR) is 70.4 cm³/mol. The molecule has 2 heterocycles. The molecule has 0 saturated carbocycles. The van der Waals surface area contributed by atoms with E-state index in [1.54, 1.807) is 6.07 Å². The van der Waals surface area contributed by atoms with Crippen LogP contribution in [-0.4, -0.2) is 15.0 Å². The molecule has 88 valence electrons. The number of aromatic nitrogens is 3. The van der Waals surface area contributed by atoms with Gasteiger partial charge in [-0.1, -0.05) is 6.07 Å². The van der Waals surface area contributed by atoms with Crippen LogP contribution in [0, 0.1) is 6.92 Å². The van der Waals surface area contributed by atoms with E-state index in [0.717, 1.165) is 11.4 Å². The molecule has 0 bridgehead atoms. The number of pyridine rings is 1. The molecule has 17 heavy (non-hydrogen) atoms. The first-order chi connectivity index (χ1) is 8.13. The minimum absolute atomic E-state index is 0.423. The van der Waals surface area contributed by atoms with Crippen LogP contribution < -0.4 is 11.1 Å². The smallest absolute Gasteiger partial charge is 0.226 e. The Morgan fingerprint density at radius 1 is 1.29 bits per heavy atom. The molecule has 0 fully saturated rings. The SMILES string of the molecule is Cc1cccc(CNc2nc(N)cc(Br)n2)n1. The van der Waals surface area contributed by atoms with Gasteiger partial charge >= 0.3 is 0 Å². The fraction of sp³-hybridized carbons (Fsp3) is 0.182. The summed E-state index contributed by atoms with van der Waals surface area (Å²) in [6, 6.07) is 7.52. The number of aryl methyl sites for hydroxylation is 1. The third-order valence-electron chi connectivity index (χ3n) is 2.09. The Morgan fingerprint density at radius 2 is 2.12 bits per heavy atom. The van der Waals surface area contributed by atoms with Crippen molar-refractivity contribution in [1.29, 1.82) is 0 Å². The average Bonchev–Trinajstić information content (AvgIpc) is 2.25. The molecule has 0 aliphatic carbocycles. The van der Waals surface area contributed by atoms with E-state index in [0.29, 0.717) is 22.9 Å². The fourth-order valence-corrected chi connectivity index (χ4v) is 1.78. The molecule has 2 aromatic rings. The molecule has 0 atom stereocenters. The molecule has 0 saturated heterocycles. The van der Waals surface area contributed by atoms with E-state index >= 15 is 0 Å². The summed E-state index contributed by atoms with van der Waals surface area (Å²) in [6.45, 7) is 2.52. The molecule has 0 amide bonds. The molecule has 0 radical (unpaired) electrons. The van der Waals surface area contributed by atoms with Gasteiger partial charge in [0.05, 0.1) is 12.2 Å². The lowest BCUT2D eigenvalue weighted by molar-refractivity contribution is 0.981. The summed E-state index contributed by atoms with van der Waals surface area (Å²) in [4.78, 5) is 12.6. The van der Waals surface area contributed by atoms with Crippen molar-refractivity contribution in [2.45, 2.75) is 13.5 Å². The Kier molecular flexibility index (Phi) is 3.53. The highest BCUT2D eigenvalue weighted by molar-refractivity contribution is 9.10. The lowest BCUT2D eigenvalue weighted by Crippen LogP contribution is -2.06. The maximum absolute atomic E-state index is 5.62. The Bertz CT molecular complexity index is 509. The van der Waals surface area contributed by atoms with E-state index in [4.69, 9.17) is 5.73 Å². The molecule has 2 rings (SSSR count). The zero-order chi connectivity index (χ0) is 12.3. The van der Waals surface area contributed by atoms with E-state index in [1.165, 1.54) is 0 Å². The molecule has 0 unspecified atom stereocenters. The molecular formula is C11H12BrN5. The van der Waals surface area contributed by atoms with Crippen molar-refractivity contribution in [3.05, 3.63) is 40.3 Å². The topological polar surface area (TPSA) is 76.7 Å². The van der Waals surface area contributed by atoms with Crippen LogP contribution in [0.5, 0.6) is 0 Å². The summed E-state index contributed by atoms with van der Waals surface area (Å²) in [5, 5.41) is 3.08. The lowest BCUT2D eigenvalue weighted by Gasteiger charge is -2.05. The van der Waals surface area contributed by atoms with Crippen LogP contribution in [0.1, 0.15) is 11.4 Å². The molecule has 2 aromatic heterocycles. The number of rotatable bonds is 3. The van der Waals surface area contributed by atoms with Crippen LogP contribution in [0.3, 0.4) is 0 Å². The summed E-state index contributed by atoms with van der Waals surface area (Å²) in [5.41, 5.74) is 7.54. The molecule has 0 aromatic carbocycles. The Balaban J connectivity index is 2.07. The van der Waals surface area contributed by atoms with E-state index in [2.05, 4.69) is 36.2 Å². The first-order valence-corrected chi connectivity index (χ1v) is 5.89. The normalized spacial score (nSPS) is 10.2. The number of nitrogens with two attached hydrogens (primary N) is 1. The second-order valence-corrected chi connectivity index (χ2v) is 4.38. The number of nitrogen functional groups attached to an aromatic ring is 1. The summed E-state index contributed by atoms with van der Waals surface area (Å²) < 4.78 is 0.657. The van der Waals surface area contributed by atoms with Crippen LogP contribution in [0.2, 0.25) is 0 Å². The van der Waals surface area contributed by atoms with Gasteiger partial charge in [0.1, 0.15) is 10.4 Å². The van der Waals surface area contributed by atoms with Crippen molar-refractivity contribution in [2.75, 3.05) is 11.1 Å². The molecule has 0 aliphatic rings. The molecule has 6 heteroatoms. The number of halogens is 1. The van der Waals surface area contributed by atoms with Crippen molar-refractivity contribution in [3.8, 4) is 0 Å². The maximum Gasteiger partial charge on any atom is 0.226 e. The highest BCUT2D eigenvalue weighted by atomic mass is 79.9. The van der Waals surface area contributed by atoms with Gasteiger partial charge in [0.15, 0.2) is 0 Å². The number of hydrogen-bond donors (Lipinski definition) is 2. The molecule has 0 aliphatic heterocycles. The highest BCUT2D eigenvalue weighted by Crippen LogP contribution is 2.12. The largest absolute Gasteiger partial charge is 0.383 e. The molecule has 5 nitrogen and oxygen atoms in total. The predicted octanol–water partition coefficient (Wildman–Crippen LogP) is 2.14. The van der Waals surface area contributed by atoms with Gasteiger partial charge < -0.3 is 11.1 Å². The van der Waals surface area contributed by atoms with Crippen molar-refractivity contribution in [1.82, 2.24) is 15.0 Å². The van der Waals surface area contributed by atoms with Gasteiger partial charge in [0.25, 0.3) is 0 Å². The average molecular weight is 294 g/mol. The van der Waals surface area contributed by atoms with Gasteiger partial charge in [0.2, 0.25) is 5.95 Å². The van der Waals surface area contributed by atoms with Crippen LogP contribution in [0.25, 0.3) is 0 Å². The number of nitrogens with one attached hydrogen (secondary N) is 1. The second kappa shape index (κ2) is 5.09. The number of anilines is 2. The van der Waals surface area contributed by atoms with Crippen molar-refractivity contribution in [2.24, 2.45) is 0 Å². The van der Waals surface area contributed by atoms with Crippen LogP contribution >= 0.6 is 15.9 Å². The number of hydrogen-bond acceptors (Lipinski definition) is 5. The fourth-order valence-electron chi connectivity index (χ4n) is 1.38. The van der Waals surface area contributed by atoms with Crippen molar-refractivity contribution < 1.29 is 0 Å². The maximum atomic E-state index is 5.62.